The minimum absolute atomic E-state index is 0.0970. The lowest BCUT2D eigenvalue weighted by atomic mass is 9.92. The predicted molar refractivity (Wildman–Crippen MR) is 109 cm³/mol. The summed E-state index contributed by atoms with van der Waals surface area (Å²) in [5, 5.41) is 4.23. The van der Waals surface area contributed by atoms with Gasteiger partial charge in [-0.2, -0.15) is 0 Å². The maximum absolute atomic E-state index is 12.8. The largest absolute Gasteiger partial charge is 0.371 e. The van der Waals surface area contributed by atoms with Gasteiger partial charge in [0, 0.05) is 35.1 Å². The number of aromatic amines is 1. The molecule has 1 N–H and O–H groups in total. The molecule has 0 unspecified atom stereocenters. The summed E-state index contributed by atoms with van der Waals surface area (Å²) < 4.78 is 6.24. The summed E-state index contributed by atoms with van der Waals surface area (Å²) in [5.74, 6) is 1.09. The number of hydrogen-bond donors (Lipinski definition) is 1. The number of amides is 1. The molecule has 140 valence electrons. The molecule has 3 aromatic rings. The number of fused-ring (bicyclic) bond motifs is 1. The number of hydrogen-bond acceptors (Lipinski definition) is 5. The van der Waals surface area contributed by atoms with Gasteiger partial charge >= 0.3 is 0 Å². The Balaban J connectivity index is 1.17. The summed E-state index contributed by atoms with van der Waals surface area (Å²) >= 11 is 3.62. The Morgan fingerprint density at radius 3 is 3.04 bits per heavy atom. The number of H-pyrrole nitrogens is 1. The lowest BCUT2D eigenvalue weighted by molar-refractivity contribution is 0.0244. The van der Waals surface area contributed by atoms with Gasteiger partial charge < -0.3 is 14.6 Å². The summed E-state index contributed by atoms with van der Waals surface area (Å²) in [5.41, 5.74) is 2.71. The average Bonchev–Trinajstić information content (AvgIpc) is 3.35. The smallest absolute Gasteiger partial charge is 0.270 e. The van der Waals surface area contributed by atoms with Crippen molar-refractivity contribution in [2.24, 2.45) is 0 Å². The number of para-hydroxylation sites is 1. The number of nitrogens with one attached hydrogen (secondary N) is 1. The summed E-state index contributed by atoms with van der Waals surface area (Å²) in [6, 6.07) is 9.95. The van der Waals surface area contributed by atoms with Gasteiger partial charge in [0.25, 0.3) is 5.91 Å². The number of thiazole rings is 1. The lowest BCUT2D eigenvalue weighted by Crippen LogP contribution is -2.60. The molecule has 1 atom stereocenters. The van der Waals surface area contributed by atoms with Crippen molar-refractivity contribution in [1.29, 1.82) is 0 Å². The third kappa shape index (κ3) is 3.28. The van der Waals surface area contributed by atoms with Gasteiger partial charge in [-0.3, -0.25) is 4.79 Å². The number of benzene rings is 1. The fourth-order valence-corrected chi connectivity index (χ4v) is 6.11. The molecule has 1 aromatic carbocycles. The van der Waals surface area contributed by atoms with Crippen LogP contribution in [0.1, 0.15) is 27.6 Å². The third-order valence-corrected chi connectivity index (χ3v) is 7.71. The number of aromatic nitrogens is 2. The van der Waals surface area contributed by atoms with Gasteiger partial charge in [0.15, 0.2) is 0 Å². The summed E-state index contributed by atoms with van der Waals surface area (Å²) in [6.07, 6.45) is 1.26. The molecule has 1 amide bonds. The second-order valence-electron chi connectivity index (χ2n) is 7.42. The highest BCUT2D eigenvalue weighted by molar-refractivity contribution is 8.01. The van der Waals surface area contributed by atoms with Crippen molar-refractivity contribution in [2.45, 2.75) is 30.8 Å². The van der Waals surface area contributed by atoms with Crippen LogP contribution in [0.3, 0.4) is 0 Å². The van der Waals surface area contributed by atoms with E-state index in [2.05, 4.69) is 15.3 Å². The molecule has 2 aliphatic heterocycles. The van der Waals surface area contributed by atoms with Crippen molar-refractivity contribution >= 4 is 39.9 Å². The van der Waals surface area contributed by atoms with Gasteiger partial charge in [-0.05, 0) is 25.5 Å². The SMILES string of the molecule is Cc1nc(CO[C@H]2CSC3(C2)CN(C(=O)c2cc4ccccc4[nH]2)C3)cs1. The zero-order valence-electron chi connectivity index (χ0n) is 15.1. The Labute approximate surface area is 166 Å². The first-order chi connectivity index (χ1) is 13.1. The Bertz CT molecular complexity index is 957. The molecule has 0 radical (unpaired) electrons. The topological polar surface area (TPSA) is 58.2 Å². The molecule has 1 spiro atoms. The number of ether oxygens (including phenoxy) is 1. The Kier molecular flexibility index (Phi) is 4.26. The Morgan fingerprint density at radius 2 is 2.26 bits per heavy atom. The molecule has 0 aliphatic carbocycles. The minimum atomic E-state index is 0.0970. The highest BCUT2D eigenvalue weighted by atomic mass is 32.2. The van der Waals surface area contributed by atoms with E-state index in [1.807, 2.05) is 53.9 Å². The van der Waals surface area contributed by atoms with Crippen LogP contribution >= 0.6 is 23.1 Å². The van der Waals surface area contributed by atoms with Crippen LogP contribution in [0, 0.1) is 6.92 Å². The van der Waals surface area contributed by atoms with Crippen LogP contribution in [-0.4, -0.2) is 50.5 Å². The van der Waals surface area contributed by atoms with Crippen molar-refractivity contribution < 1.29 is 9.53 Å². The van der Waals surface area contributed by atoms with E-state index in [1.54, 1.807) is 11.3 Å². The molecule has 4 heterocycles. The second-order valence-corrected chi connectivity index (χ2v) is 9.97. The highest BCUT2D eigenvalue weighted by Gasteiger charge is 2.51. The van der Waals surface area contributed by atoms with E-state index in [1.165, 1.54) is 0 Å². The van der Waals surface area contributed by atoms with Crippen LogP contribution in [-0.2, 0) is 11.3 Å². The number of carbonyl (C=O) groups excluding carboxylic acids is 1. The lowest BCUT2D eigenvalue weighted by Gasteiger charge is -2.47. The standard InChI is InChI=1S/C20H21N3O2S2/c1-13-21-15(9-26-13)8-25-16-7-20(27-10-16)11-23(12-20)19(24)18-6-14-4-2-3-5-17(14)22-18/h2-6,9,16,22H,7-8,10-12H2,1H3/t16-/m1/s1. The average molecular weight is 400 g/mol. The molecular weight excluding hydrogens is 378 g/mol. The molecule has 5 rings (SSSR count). The molecule has 2 aromatic heterocycles. The number of nitrogens with zero attached hydrogens (tertiary/aromatic N) is 2. The molecule has 5 nitrogen and oxygen atoms in total. The third-order valence-electron chi connectivity index (χ3n) is 5.31. The maximum Gasteiger partial charge on any atom is 0.270 e. The second kappa shape index (κ2) is 6.65. The molecule has 7 heteroatoms. The van der Waals surface area contributed by atoms with E-state index in [0.29, 0.717) is 12.3 Å². The van der Waals surface area contributed by atoms with Crippen molar-refractivity contribution in [2.75, 3.05) is 18.8 Å². The van der Waals surface area contributed by atoms with E-state index >= 15 is 0 Å². The summed E-state index contributed by atoms with van der Waals surface area (Å²) in [4.78, 5) is 22.4. The minimum Gasteiger partial charge on any atom is -0.371 e. The van der Waals surface area contributed by atoms with Crippen LogP contribution < -0.4 is 0 Å². The van der Waals surface area contributed by atoms with E-state index in [-0.39, 0.29) is 16.8 Å². The normalized spacial score (nSPS) is 21.1. The summed E-state index contributed by atoms with van der Waals surface area (Å²) in [6.45, 7) is 4.22. The Hall–Kier alpha value is -1.83. The number of rotatable bonds is 4. The van der Waals surface area contributed by atoms with Crippen LogP contribution in [0.15, 0.2) is 35.7 Å². The van der Waals surface area contributed by atoms with Gasteiger partial charge in [-0.25, -0.2) is 4.98 Å². The monoisotopic (exact) mass is 399 g/mol. The molecule has 2 aliphatic rings. The number of aryl methyl sites for hydroxylation is 1. The van der Waals surface area contributed by atoms with Gasteiger partial charge in [-0.1, -0.05) is 18.2 Å². The number of thioether (sulfide) groups is 1. The van der Waals surface area contributed by atoms with Crippen molar-refractivity contribution in [3.05, 3.63) is 52.1 Å². The number of likely N-dealkylation sites (tertiary alicyclic amines) is 1. The molecule has 0 bridgehead atoms. The first-order valence-corrected chi connectivity index (χ1v) is 11.0. The van der Waals surface area contributed by atoms with Crippen molar-refractivity contribution in [3.63, 3.8) is 0 Å². The molecule has 2 fully saturated rings. The van der Waals surface area contributed by atoms with Crippen molar-refractivity contribution in [3.8, 4) is 0 Å². The van der Waals surface area contributed by atoms with Gasteiger partial charge in [-0.15, -0.1) is 23.1 Å². The van der Waals surface area contributed by atoms with Crippen LogP contribution in [0.4, 0.5) is 0 Å². The Morgan fingerprint density at radius 1 is 1.41 bits per heavy atom. The molecule has 0 saturated carbocycles. The molecule has 27 heavy (non-hydrogen) atoms. The zero-order chi connectivity index (χ0) is 18.4. The van der Waals surface area contributed by atoms with Gasteiger partial charge in [0.05, 0.1) is 28.2 Å². The zero-order valence-corrected chi connectivity index (χ0v) is 16.7. The van der Waals surface area contributed by atoms with Crippen molar-refractivity contribution in [1.82, 2.24) is 14.9 Å². The van der Waals surface area contributed by atoms with Gasteiger partial charge in [0.2, 0.25) is 0 Å². The first-order valence-electron chi connectivity index (χ1n) is 9.14. The van der Waals surface area contributed by atoms with E-state index in [9.17, 15) is 4.79 Å². The van der Waals surface area contributed by atoms with E-state index in [0.717, 1.165) is 46.9 Å². The maximum atomic E-state index is 12.8. The first kappa shape index (κ1) is 17.3. The summed E-state index contributed by atoms with van der Waals surface area (Å²) in [7, 11) is 0. The number of carbonyl (C=O) groups is 1. The van der Waals surface area contributed by atoms with E-state index < -0.39 is 0 Å². The fourth-order valence-electron chi connectivity index (χ4n) is 3.96. The van der Waals surface area contributed by atoms with E-state index in [4.69, 9.17) is 4.74 Å². The predicted octanol–water partition coefficient (Wildman–Crippen LogP) is 3.85. The van der Waals surface area contributed by atoms with Crippen LogP contribution in [0.25, 0.3) is 10.9 Å². The van der Waals surface area contributed by atoms with Crippen LogP contribution in [0.2, 0.25) is 0 Å². The highest BCUT2D eigenvalue weighted by Crippen LogP contribution is 2.46. The fraction of sp³-hybridized carbons (Fsp3) is 0.400. The van der Waals surface area contributed by atoms with Crippen LogP contribution in [0.5, 0.6) is 0 Å². The van der Waals surface area contributed by atoms with Gasteiger partial charge in [0.1, 0.15) is 5.69 Å². The molecular formula is C20H21N3O2S2. The molecule has 2 saturated heterocycles. The quantitative estimate of drug-likeness (QED) is 0.724.